The number of amides is 1. The lowest BCUT2D eigenvalue weighted by molar-refractivity contribution is 0.0950. The van der Waals surface area contributed by atoms with Gasteiger partial charge < -0.3 is 10.2 Å². The molecule has 2 heterocycles. The fourth-order valence-electron chi connectivity index (χ4n) is 5.16. The van der Waals surface area contributed by atoms with Gasteiger partial charge in [0.2, 0.25) is 0 Å². The maximum atomic E-state index is 12.9. The van der Waals surface area contributed by atoms with Crippen molar-refractivity contribution in [2.45, 2.75) is 64.2 Å². The zero-order valence-electron chi connectivity index (χ0n) is 18.9. The number of hydrogen-bond donors (Lipinski definition) is 1. The number of aromatic nitrogens is 2. The molecule has 1 amide bonds. The molecule has 0 bridgehead atoms. The first-order valence-electron chi connectivity index (χ1n) is 12.1. The van der Waals surface area contributed by atoms with Crippen LogP contribution in [0.15, 0.2) is 36.5 Å². The van der Waals surface area contributed by atoms with Crippen LogP contribution >= 0.6 is 0 Å². The lowest BCUT2D eigenvalue weighted by atomic mass is 9.87. The van der Waals surface area contributed by atoms with Crippen LogP contribution in [-0.4, -0.2) is 47.0 Å². The molecule has 1 aromatic heterocycles. The number of carbonyl (C=O) groups is 1. The van der Waals surface area contributed by atoms with E-state index in [0.29, 0.717) is 18.0 Å². The molecule has 2 fully saturated rings. The molecule has 166 valence electrons. The van der Waals surface area contributed by atoms with Crippen LogP contribution in [0.4, 0.5) is 0 Å². The minimum Gasteiger partial charge on any atom is -0.352 e. The van der Waals surface area contributed by atoms with Crippen molar-refractivity contribution in [3.8, 4) is 0 Å². The summed E-state index contributed by atoms with van der Waals surface area (Å²) in [7, 11) is 0. The summed E-state index contributed by atoms with van der Waals surface area (Å²) in [6.07, 6.45) is 11.7. The van der Waals surface area contributed by atoms with E-state index in [1.165, 1.54) is 44.2 Å². The number of hydrogen-bond acceptors (Lipinski definition) is 4. The van der Waals surface area contributed by atoms with Crippen molar-refractivity contribution in [3.63, 3.8) is 0 Å². The molecule has 1 aliphatic carbocycles. The van der Waals surface area contributed by atoms with Crippen LogP contribution in [0.5, 0.6) is 0 Å². The number of likely N-dealkylation sites (tertiary alicyclic amines) is 1. The van der Waals surface area contributed by atoms with E-state index in [2.05, 4.69) is 27.3 Å². The second-order valence-electron chi connectivity index (χ2n) is 9.29. The Bertz CT molecular complexity index is 840. The van der Waals surface area contributed by atoms with Crippen molar-refractivity contribution in [1.82, 2.24) is 20.2 Å². The highest BCUT2D eigenvalue weighted by molar-refractivity contribution is 5.95. The van der Waals surface area contributed by atoms with E-state index < -0.39 is 0 Å². The van der Waals surface area contributed by atoms with Crippen LogP contribution < -0.4 is 5.32 Å². The fourth-order valence-corrected chi connectivity index (χ4v) is 5.16. The van der Waals surface area contributed by atoms with Gasteiger partial charge in [0, 0.05) is 25.2 Å². The van der Waals surface area contributed by atoms with Gasteiger partial charge in [-0.2, -0.15) is 0 Å². The molecule has 0 spiro atoms. The lowest BCUT2D eigenvalue weighted by Gasteiger charge is -2.35. The highest BCUT2D eigenvalue weighted by Crippen LogP contribution is 2.31. The fraction of sp³-hybridized carbons (Fsp3) is 0.577. The summed E-state index contributed by atoms with van der Waals surface area (Å²) < 4.78 is 0. The SMILES string of the molecule is Cc1ncc(C(=O)NCCc2ccccc2)c(C2CCN(CC3CCCCC3)CC2)n1. The Morgan fingerprint density at radius 1 is 1.06 bits per heavy atom. The number of benzene rings is 1. The third kappa shape index (κ3) is 6.13. The molecule has 5 heteroatoms. The standard InChI is InChI=1S/C26H36N4O/c1-20-28-18-24(26(31)27-15-12-21-8-4-2-5-9-21)25(29-20)23-13-16-30(17-14-23)19-22-10-6-3-7-11-22/h2,4-5,8-9,18,22-23H,3,6-7,10-17,19H2,1H3,(H,27,31). The summed E-state index contributed by atoms with van der Waals surface area (Å²) in [4.78, 5) is 24.6. The summed E-state index contributed by atoms with van der Waals surface area (Å²) in [6, 6.07) is 10.3. The van der Waals surface area contributed by atoms with Gasteiger partial charge in [-0.3, -0.25) is 4.79 Å². The monoisotopic (exact) mass is 420 g/mol. The second kappa shape index (κ2) is 10.9. The molecule has 31 heavy (non-hydrogen) atoms. The van der Waals surface area contributed by atoms with E-state index in [9.17, 15) is 4.79 Å². The predicted octanol–water partition coefficient (Wildman–Crippen LogP) is 4.52. The Hall–Kier alpha value is -2.27. The van der Waals surface area contributed by atoms with Crippen LogP contribution in [0.2, 0.25) is 0 Å². The molecule has 5 nitrogen and oxygen atoms in total. The van der Waals surface area contributed by atoms with Crippen molar-refractivity contribution < 1.29 is 4.79 Å². The van der Waals surface area contributed by atoms with E-state index in [4.69, 9.17) is 4.98 Å². The predicted molar refractivity (Wildman–Crippen MR) is 124 cm³/mol. The molecule has 1 aliphatic heterocycles. The third-order valence-electron chi connectivity index (χ3n) is 6.94. The number of nitrogens with one attached hydrogen (secondary N) is 1. The van der Waals surface area contributed by atoms with Crippen molar-refractivity contribution in [2.24, 2.45) is 5.92 Å². The first-order valence-corrected chi connectivity index (χ1v) is 12.1. The summed E-state index contributed by atoms with van der Waals surface area (Å²) in [6.45, 7) is 6.01. The Morgan fingerprint density at radius 3 is 2.55 bits per heavy atom. The zero-order chi connectivity index (χ0) is 21.5. The number of aryl methyl sites for hydroxylation is 1. The minimum absolute atomic E-state index is 0.0458. The van der Waals surface area contributed by atoms with Gasteiger partial charge in [0.25, 0.3) is 5.91 Å². The maximum Gasteiger partial charge on any atom is 0.254 e. The molecular formula is C26H36N4O. The molecule has 1 saturated heterocycles. The van der Waals surface area contributed by atoms with Crippen LogP contribution in [0.3, 0.4) is 0 Å². The summed E-state index contributed by atoms with van der Waals surface area (Å²) >= 11 is 0. The van der Waals surface area contributed by atoms with Gasteiger partial charge >= 0.3 is 0 Å². The lowest BCUT2D eigenvalue weighted by Crippen LogP contribution is -2.38. The Morgan fingerprint density at radius 2 is 1.81 bits per heavy atom. The van der Waals surface area contributed by atoms with Crippen molar-refractivity contribution >= 4 is 5.91 Å². The van der Waals surface area contributed by atoms with Crippen LogP contribution in [0.1, 0.15) is 78.3 Å². The van der Waals surface area contributed by atoms with Crippen molar-refractivity contribution in [1.29, 1.82) is 0 Å². The van der Waals surface area contributed by atoms with E-state index >= 15 is 0 Å². The average Bonchev–Trinajstić information content (AvgIpc) is 2.81. The van der Waals surface area contributed by atoms with Crippen LogP contribution in [0, 0.1) is 12.8 Å². The van der Waals surface area contributed by atoms with Gasteiger partial charge in [0.15, 0.2) is 0 Å². The van der Waals surface area contributed by atoms with Gasteiger partial charge in [0.05, 0.1) is 11.3 Å². The van der Waals surface area contributed by atoms with E-state index in [1.54, 1.807) is 6.20 Å². The Balaban J connectivity index is 1.34. The second-order valence-corrected chi connectivity index (χ2v) is 9.29. The molecule has 1 N–H and O–H groups in total. The molecular weight excluding hydrogens is 384 g/mol. The van der Waals surface area contributed by atoms with Gasteiger partial charge in [-0.15, -0.1) is 0 Å². The number of nitrogens with zero attached hydrogens (tertiary/aromatic N) is 3. The van der Waals surface area contributed by atoms with Crippen molar-refractivity contribution in [3.05, 3.63) is 59.2 Å². The van der Waals surface area contributed by atoms with E-state index in [1.807, 2.05) is 25.1 Å². The molecule has 1 aromatic carbocycles. The molecule has 2 aliphatic rings. The number of rotatable bonds is 7. The first kappa shape index (κ1) is 21.9. The van der Waals surface area contributed by atoms with Gasteiger partial charge in [-0.05, 0) is 63.6 Å². The molecule has 0 atom stereocenters. The summed E-state index contributed by atoms with van der Waals surface area (Å²) in [5.74, 6) is 1.94. The van der Waals surface area contributed by atoms with Gasteiger partial charge in [-0.1, -0.05) is 49.6 Å². The maximum absolute atomic E-state index is 12.9. The van der Waals surface area contributed by atoms with Gasteiger partial charge in [-0.25, -0.2) is 9.97 Å². The zero-order valence-corrected chi connectivity index (χ0v) is 18.9. The Labute approximate surface area is 186 Å². The highest BCUT2D eigenvalue weighted by Gasteiger charge is 2.27. The average molecular weight is 421 g/mol. The van der Waals surface area contributed by atoms with E-state index in [-0.39, 0.29) is 5.91 Å². The van der Waals surface area contributed by atoms with Crippen LogP contribution in [0.25, 0.3) is 0 Å². The molecule has 2 aromatic rings. The number of piperidine rings is 1. The number of carbonyl (C=O) groups excluding carboxylic acids is 1. The normalized spacial score (nSPS) is 18.7. The molecule has 0 radical (unpaired) electrons. The van der Waals surface area contributed by atoms with Crippen molar-refractivity contribution in [2.75, 3.05) is 26.2 Å². The smallest absolute Gasteiger partial charge is 0.254 e. The molecule has 4 rings (SSSR count). The van der Waals surface area contributed by atoms with Gasteiger partial charge in [0.1, 0.15) is 5.82 Å². The summed E-state index contributed by atoms with van der Waals surface area (Å²) in [5.41, 5.74) is 2.83. The van der Waals surface area contributed by atoms with Crippen LogP contribution in [-0.2, 0) is 6.42 Å². The molecule has 0 unspecified atom stereocenters. The van der Waals surface area contributed by atoms with E-state index in [0.717, 1.165) is 49.8 Å². The quantitative estimate of drug-likeness (QED) is 0.716. The minimum atomic E-state index is -0.0458. The Kier molecular flexibility index (Phi) is 7.68. The summed E-state index contributed by atoms with van der Waals surface area (Å²) in [5, 5.41) is 3.08. The highest BCUT2D eigenvalue weighted by atomic mass is 16.1. The molecule has 1 saturated carbocycles. The largest absolute Gasteiger partial charge is 0.352 e. The first-order chi connectivity index (χ1) is 15.2. The third-order valence-corrected chi connectivity index (χ3v) is 6.94. The topological polar surface area (TPSA) is 58.1 Å².